The van der Waals surface area contributed by atoms with E-state index in [2.05, 4.69) is 26.2 Å². The third-order valence-electron chi connectivity index (χ3n) is 2.66. The van der Waals surface area contributed by atoms with Crippen molar-refractivity contribution in [3.8, 4) is 0 Å². The van der Waals surface area contributed by atoms with Crippen LogP contribution in [-0.2, 0) is 13.0 Å². The van der Waals surface area contributed by atoms with E-state index in [9.17, 15) is 4.79 Å². The first-order chi connectivity index (χ1) is 7.24. The second-order valence-corrected chi connectivity index (χ2v) is 4.47. The van der Waals surface area contributed by atoms with Gasteiger partial charge < -0.3 is 5.32 Å². The summed E-state index contributed by atoms with van der Waals surface area (Å²) in [6, 6.07) is 0. The standard InChI is InChI=1S/C10H14BrN3O.BrH/c1-7-8(3-4-11)9(15)14-6-2-5-12-10(14)13-7;/h2-6H2,1H3,(H,12,13);1H. The van der Waals surface area contributed by atoms with Crippen molar-refractivity contribution >= 4 is 38.9 Å². The molecule has 1 aromatic heterocycles. The molecule has 0 fully saturated rings. The molecule has 0 saturated heterocycles. The van der Waals surface area contributed by atoms with Gasteiger partial charge in [0.15, 0.2) is 0 Å². The predicted molar refractivity (Wildman–Crippen MR) is 74.2 cm³/mol. The second kappa shape index (κ2) is 5.82. The Bertz CT molecular complexity index is 431. The van der Waals surface area contributed by atoms with Crippen LogP contribution < -0.4 is 10.9 Å². The lowest BCUT2D eigenvalue weighted by atomic mass is 10.2. The van der Waals surface area contributed by atoms with Crippen LogP contribution in [0.3, 0.4) is 0 Å². The number of aryl methyl sites for hydroxylation is 1. The third-order valence-corrected chi connectivity index (χ3v) is 3.05. The zero-order chi connectivity index (χ0) is 10.8. The molecule has 0 saturated carbocycles. The normalized spacial score (nSPS) is 13.6. The number of hydrogen-bond donors (Lipinski definition) is 1. The number of fused-ring (bicyclic) bond motifs is 1. The molecular weight excluding hydrogens is 338 g/mol. The number of nitrogens with zero attached hydrogens (tertiary/aromatic N) is 2. The Kier molecular flexibility index (Phi) is 4.98. The van der Waals surface area contributed by atoms with Crippen LogP contribution in [0.5, 0.6) is 0 Å². The Hall–Kier alpha value is -0.360. The zero-order valence-corrected chi connectivity index (χ0v) is 12.4. The smallest absolute Gasteiger partial charge is 0.258 e. The highest BCUT2D eigenvalue weighted by Gasteiger charge is 2.15. The molecule has 4 nitrogen and oxygen atoms in total. The van der Waals surface area contributed by atoms with Gasteiger partial charge in [-0.15, -0.1) is 17.0 Å². The number of alkyl halides is 1. The minimum absolute atomic E-state index is 0. The summed E-state index contributed by atoms with van der Waals surface area (Å²) in [7, 11) is 0. The maximum Gasteiger partial charge on any atom is 0.258 e. The van der Waals surface area contributed by atoms with Gasteiger partial charge in [0, 0.05) is 29.7 Å². The molecule has 0 atom stereocenters. The van der Waals surface area contributed by atoms with E-state index in [1.807, 2.05) is 6.92 Å². The van der Waals surface area contributed by atoms with Crippen LogP contribution in [-0.4, -0.2) is 21.4 Å². The van der Waals surface area contributed by atoms with Gasteiger partial charge in [-0.2, -0.15) is 0 Å². The first kappa shape index (κ1) is 13.7. The molecule has 16 heavy (non-hydrogen) atoms. The van der Waals surface area contributed by atoms with Crippen molar-refractivity contribution in [2.75, 3.05) is 17.2 Å². The molecular formula is C10H15Br2N3O. The van der Waals surface area contributed by atoms with E-state index in [1.54, 1.807) is 4.57 Å². The Morgan fingerprint density at radius 2 is 2.31 bits per heavy atom. The summed E-state index contributed by atoms with van der Waals surface area (Å²) in [6.07, 6.45) is 1.74. The SMILES string of the molecule is Br.Cc1nc2n(c(=O)c1CCBr)CCCN2. The minimum Gasteiger partial charge on any atom is -0.355 e. The van der Waals surface area contributed by atoms with Crippen molar-refractivity contribution < 1.29 is 0 Å². The predicted octanol–water partition coefficient (Wildman–Crippen LogP) is 1.88. The Balaban J connectivity index is 0.00000128. The molecule has 0 aliphatic carbocycles. The van der Waals surface area contributed by atoms with Gasteiger partial charge in [0.05, 0.1) is 0 Å². The van der Waals surface area contributed by atoms with Crippen molar-refractivity contribution in [3.05, 3.63) is 21.6 Å². The van der Waals surface area contributed by atoms with Gasteiger partial charge >= 0.3 is 0 Å². The van der Waals surface area contributed by atoms with Gasteiger partial charge in [-0.05, 0) is 19.8 Å². The van der Waals surface area contributed by atoms with E-state index >= 15 is 0 Å². The first-order valence-electron chi connectivity index (χ1n) is 5.14. The lowest BCUT2D eigenvalue weighted by Gasteiger charge is -2.20. The molecule has 1 N–H and O–H groups in total. The van der Waals surface area contributed by atoms with Crippen molar-refractivity contribution in [1.82, 2.24) is 9.55 Å². The lowest BCUT2D eigenvalue weighted by molar-refractivity contribution is 0.588. The fourth-order valence-corrected chi connectivity index (χ4v) is 2.26. The van der Waals surface area contributed by atoms with Crippen LogP contribution in [0.1, 0.15) is 17.7 Å². The highest BCUT2D eigenvalue weighted by molar-refractivity contribution is 9.09. The average Bonchev–Trinajstić information content (AvgIpc) is 2.24. The molecule has 1 aliphatic rings. The van der Waals surface area contributed by atoms with Gasteiger partial charge in [-0.1, -0.05) is 15.9 Å². The third kappa shape index (κ3) is 2.48. The average molecular weight is 353 g/mol. The van der Waals surface area contributed by atoms with Crippen molar-refractivity contribution in [1.29, 1.82) is 0 Å². The largest absolute Gasteiger partial charge is 0.355 e. The highest BCUT2D eigenvalue weighted by Crippen LogP contribution is 2.11. The van der Waals surface area contributed by atoms with E-state index in [1.165, 1.54) is 0 Å². The number of hydrogen-bond acceptors (Lipinski definition) is 3. The fraction of sp³-hybridized carbons (Fsp3) is 0.600. The summed E-state index contributed by atoms with van der Waals surface area (Å²) < 4.78 is 1.74. The molecule has 2 heterocycles. The quantitative estimate of drug-likeness (QED) is 0.827. The zero-order valence-electron chi connectivity index (χ0n) is 9.12. The Morgan fingerprint density at radius 3 is 3.00 bits per heavy atom. The van der Waals surface area contributed by atoms with Crippen molar-refractivity contribution in [2.45, 2.75) is 26.3 Å². The maximum atomic E-state index is 12.1. The second-order valence-electron chi connectivity index (χ2n) is 3.68. The molecule has 0 bridgehead atoms. The fourth-order valence-electron chi connectivity index (χ4n) is 1.86. The summed E-state index contributed by atoms with van der Waals surface area (Å²) in [5, 5.41) is 3.96. The summed E-state index contributed by atoms with van der Waals surface area (Å²) in [6.45, 7) is 3.59. The molecule has 90 valence electrons. The minimum atomic E-state index is 0. The number of anilines is 1. The summed E-state index contributed by atoms with van der Waals surface area (Å²) in [5.41, 5.74) is 1.79. The highest BCUT2D eigenvalue weighted by atomic mass is 79.9. The first-order valence-corrected chi connectivity index (χ1v) is 6.26. The number of nitrogens with one attached hydrogen (secondary N) is 1. The van der Waals surface area contributed by atoms with Crippen LogP contribution in [0.15, 0.2) is 4.79 Å². The van der Waals surface area contributed by atoms with Crippen molar-refractivity contribution in [3.63, 3.8) is 0 Å². The molecule has 1 aromatic rings. The molecule has 0 unspecified atom stereocenters. The molecule has 0 spiro atoms. The van der Waals surface area contributed by atoms with Gasteiger partial charge in [-0.3, -0.25) is 9.36 Å². The van der Waals surface area contributed by atoms with Crippen LogP contribution in [0.2, 0.25) is 0 Å². The topological polar surface area (TPSA) is 46.9 Å². The van der Waals surface area contributed by atoms with E-state index in [-0.39, 0.29) is 22.5 Å². The van der Waals surface area contributed by atoms with Gasteiger partial charge in [0.25, 0.3) is 5.56 Å². The molecule has 1 aliphatic heterocycles. The summed E-state index contributed by atoms with van der Waals surface area (Å²) >= 11 is 3.36. The van der Waals surface area contributed by atoms with E-state index in [0.29, 0.717) is 0 Å². The summed E-state index contributed by atoms with van der Waals surface area (Å²) in [4.78, 5) is 16.5. The summed E-state index contributed by atoms with van der Waals surface area (Å²) in [5.74, 6) is 0.724. The molecule has 2 rings (SSSR count). The maximum absolute atomic E-state index is 12.1. The van der Waals surface area contributed by atoms with Crippen LogP contribution in [0.25, 0.3) is 0 Å². The number of rotatable bonds is 2. The van der Waals surface area contributed by atoms with Gasteiger partial charge in [-0.25, -0.2) is 4.98 Å². The van der Waals surface area contributed by atoms with Crippen LogP contribution >= 0.6 is 32.9 Å². The Morgan fingerprint density at radius 1 is 1.56 bits per heavy atom. The van der Waals surface area contributed by atoms with E-state index in [4.69, 9.17) is 0 Å². The number of aromatic nitrogens is 2. The molecule has 0 aromatic carbocycles. The molecule has 0 amide bonds. The molecule has 6 heteroatoms. The van der Waals surface area contributed by atoms with Gasteiger partial charge in [0.2, 0.25) is 5.95 Å². The van der Waals surface area contributed by atoms with Gasteiger partial charge in [0.1, 0.15) is 0 Å². The van der Waals surface area contributed by atoms with Crippen LogP contribution in [0.4, 0.5) is 5.95 Å². The van der Waals surface area contributed by atoms with Crippen molar-refractivity contribution in [2.24, 2.45) is 0 Å². The van der Waals surface area contributed by atoms with E-state index in [0.717, 1.165) is 48.5 Å². The lowest BCUT2D eigenvalue weighted by Crippen LogP contribution is -2.33. The molecule has 0 radical (unpaired) electrons. The van der Waals surface area contributed by atoms with Crippen LogP contribution in [0, 0.1) is 6.92 Å². The Labute approximate surface area is 113 Å². The van der Waals surface area contributed by atoms with E-state index < -0.39 is 0 Å². The number of halogens is 2. The monoisotopic (exact) mass is 351 g/mol.